The molecule has 24 heavy (non-hydrogen) atoms. The molecule has 1 aromatic carbocycles. The van der Waals surface area contributed by atoms with Crippen molar-refractivity contribution in [3.8, 4) is 11.3 Å². The van der Waals surface area contributed by atoms with Gasteiger partial charge in [-0.05, 0) is 12.1 Å². The number of hydrogen-bond acceptors (Lipinski definition) is 5. The third-order valence-corrected chi connectivity index (χ3v) is 4.32. The topological polar surface area (TPSA) is 58.8 Å². The lowest BCUT2D eigenvalue weighted by molar-refractivity contribution is -0.137. The Morgan fingerprint density at radius 2 is 1.96 bits per heavy atom. The van der Waals surface area contributed by atoms with Crippen LogP contribution in [-0.4, -0.2) is 60.8 Å². The molecule has 2 heterocycles. The van der Waals surface area contributed by atoms with E-state index in [1.807, 2.05) is 35.2 Å². The number of nitrogens with zero attached hydrogens (tertiary/aromatic N) is 3. The maximum absolute atomic E-state index is 11.8. The van der Waals surface area contributed by atoms with E-state index in [9.17, 15) is 4.79 Å². The molecule has 0 aliphatic carbocycles. The van der Waals surface area contributed by atoms with Crippen LogP contribution in [0.1, 0.15) is 5.76 Å². The van der Waals surface area contributed by atoms with Crippen LogP contribution in [0, 0.1) is 0 Å². The summed E-state index contributed by atoms with van der Waals surface area (Å²) < 4.78 is 10.3. The van der Waals surface area contributed by atoms with Crippen molar-refractivity contribution in [2.45, 2.75) is 6.54 Å². The van der Waals surface area contributed by atoms with E-state index in [1.165, 1.54) is 7.11 Å². The average Bonchev–Trinajstić information content (AvgIpc) is 3.05. The standard InChI is InChI=1S/C17H20ClN3O3/c1-23-12-17(22)21-8-6-20(7-9-21)11-15-10-16(19-24-15)13-2-4-14(18)5-3-13/h2-5,10H,6-9,11-12H2,1H3. The molecule has 0 saturated carbocycles. The molecule has 0 N–H and O–H groups in total. The highest BCUT2D eigenvalue weighted by Crippen LogP contribution is 2.22. The summed E-state index contributed by atoms with van der Waals surface area (Å²) in [5.41, 5.74) is 1.78. The first-order valence-corrected chi connectivity index (χ1v) is 8.24. The molecule has 1 aliphatic heterocycles. The lowest BCUT2D eigenvalue weighted by Crippen LogP contribution is -2.49. The fourth-order valence-electron chi connectivity index (χ4n) is 2.73. The van der Waals surface area contributed by atoms with Gasteiger partial charge in [0.1, 0.15) is 12.3 Å². The number of hydrogen-bond donors (Lipinski definition) is 0. The van der Waals surface area contributed by atoms with Crippen LogP contribution in [0.25, 0.3) is 11.3 Å². The van der Waals surface area contributed by atoms with Crippen molar-refractivity contribution in [3.63, 3.8) is 0 Å². The summed E-state index contributed by atoms with van der Waals surface area (Å²) in [7, 11) is 1.54. The highest BCUT2D eigenvalue weighted by molar-refractivity contribution is 6.30. The van der Waals surface area contributed by atoms with Gasteiger partial charge in [0, 0.05) is 49.9 Å². The zero-order chi connectivity index (χ0) is 16.9. The van der Waals surface area contributed by atoms with Gasteiger partial charge in [-0.2, -0.15) is 0 Å². The summed E-state index contributed by atoms with van der Waals surface area (Å²) in [5.74, 6) is 0.860. The van der Waals surface area contributed by atoms with E-state index >= 15 is 0 Å². The summed E-state index contributed by atoms with van der Waals surface area (Å²) >= 11 is 5.90. The minimum absolute atomic E-state index is 0.0434. The molecule has 1 fully saturated rings. The molecule has 3 rings (SSSR count). The highest BCUT2D eigenvalue weighted by atomic mass is 35.5. The maximum atomic E-state index is 11.8. The van der Waals surface area contributed by atoms with Gasteiger partial charge in [0.2, 0.25) is 5.91 Å². The predicted molar refractivity (Wildman–Crippen MR) is 90.7 cm³/mol. The molecule has 2 aromatic rings. The second-order valence-corrected chi connectivity index (χ2v) is 6.21. The molecule has 1 aliphatic rings. The van der Waals surface area contributed by atoms with Gasteiger partial charge in [-0.25, -0.2) is 0 Å². The normalized spacial score (nSPS) is 15.7. The van der Waals surface area contributed by atoms with Gasteiger partial charge < -0.3 is 14.2 Å². The third kappa shape index (κ3) is 4.14. The molecule has 0 bridgehead atoms. The molecule has 7 heteroatoms. The summed E-state index contributed by atoms with van der Waals surface area (Å²) in [6.45, 7) is 3.87. The van der Waals surface area contributed by atoms with Crippen molar-refractivity contribution in [2.24, 2.45) is 0 Å². The van der Waals surface area contributed by atoms with E-state index in [1.54, 1.807) is 0 Å². The van der Waals surface area contributed by atoms with E-state index in [2.05, 4.69) is 10.1 Å². The SMILES string of the molecule is COCC(=O)N1CCN(Cc2cc(-c3ccc(Cl)cc3)no2)CC1. The van der Waals surface area contributed by atoms with Crippen molar-refractivity contribution < 1.29 is 14.1 Å². The molecule has 128 valence electrons. The Balaban J connectivity index is 1.54. The van der Waals surface area contributed by atoms with Gasteiger partial charge in [0.05, 0.1) is 6.54 Å². The number of carbonyl (C=O) groups excluding carboxylic acids is 1. The molecule has 1 amide bonds. The Bertz CT molecular complexity index is 679. The van der Waals surface area contributed by atoms with Gasteiger partial charge in [-0.15, -0.1) is 0 Å². The van der Waals surface area contributed by atoms with Crippen molar-refractivity contribution in [1.29, 1.82) is 0 Å². The molecular weight excluding hydrogens is 330 g/mol. The Morgan fingerprint density at radius 3 is 2.62 bits per heavy atom. The van der Waals surface area contributed by atoms with Gasteiger partial charge in [0.25, 0.3) is 0 Å². The quantitative estimate of drug-likeness (QED) is 0.829. The number of amides is 1. The number of halogens is 1. The fraction of sp³-hybridized carbons (Fsp3) is 0.412. The van der Waals surface area contributed by atoms with Crippen LogP contribution < -0.4 is 0 Å². The first-order chi connectivity index (χ1) is 11.7. The zero-order valence-corrected chi connectivity index (χ0v) is 14.3. The number of aromatic nitrogens is 1. The smallest absolute Gasteiger partial charge is 0.248 e. The molecule has 0 unspecified atom stereocenters. The van der Waals surface area contributed by atoms with Crippen molar-refractivity contribution in [2.75, 3.05) is 39.9 Å². The summed E-state index contributed by atoms with van der Waals surface area (Å²) in [6, 6.07) is 9.46. The molecule has 0 spiro atoms. The average molecular weight is 350 g/mol. The Labute approximate surface area is 145 Å². The van der Waals surface area contributed by atoms with Crippen LogP contribution in [0.4, 0.5) is 0 Å². The predicted octanol–water partition coefficient (Wildman–Crippen LogP) is 2.29. The second-order valence-electron chi connectivity index (χ2n) is 5.78. The van der Waals surface area contributed by atoms with E-state index in [4.69, 9.17) is 20.9 Å². The lowest BCUT2D eigenvalue weighted by atomic mass is 10.1. The van der Waals surface area contributed by atoms with Gasteiger partial charge in [0.15, 0.2) is 5.76 Å². The number of piperazine rings is 1. The van der Waals surface area contributed by atoms with Crippen LogP contribution in [-0.2, 0) is 16.1 Å². The second kappa shape index (κ2) is 7.79. The Morgan fingerprint density at radius 1 is 1.25 bits per heavy atom. The van der Waals surface area contributed by atoms with Crippen LogP contribution >= 0.6 is 11.6 Å². The number of carbonyl (C=O) groups is 1. The molecule has 0 atom stereocenters. The van der Waals surface area contributed by atoms with Crippen LogP contribution in [0.2, 0.25) is 5.02 Å². The largest absolute Gasteiger partial charge is 0.375 e. The van der Waals surface area contributed by atoms with E-state index in [0.717, 1.165) is 30.1 Å². The number of rotatable bonds is 5. The van der Waals surface area contributed by atoms with E-state index < -0.39 is 0 Å². The summed E-state index contributed by atoms with van der Waals surface area (Å²) in [6.07, 6.45) is 0. The summed E-state index contributed by atoms with van der Waals surface area (Å²) in [4.78, 5) is 15.9. The zero-order valence-electron chi connectivity index (χ0n) is 13.6. The number of benzene rings is 1. The minimum Gasteiger partial charge on any atom is -0.375 e. The first-order valence-electron chi connectivity index (χ1n) is 7.86. The monoisotopic (exact) mass is 349 g/mol. The van der Waals surface area contributed by atoms with Crippen LogP contribution in [0.15, 0.2) is 34.9 Å². The van der Waals surface area contributed by atoms with Crippen molar-refractivity contribution in [1.82, 2.24) is 15.0 Å². The first kappa shape index (κ1) is 17.0. The number of ether oxygens (including phenoxy) is 1. The Hall–Kier alpha value is -1.89. The van der Waals surface area contributed by atoms with Crippen molar-refractivity contribution in [3.05, 3.63) is 41.1 Å². The molecule has 1 saturated heterocycles. The third-order valence-electron chi connectivity index (χ3n) is 4.07. The van der Waals surface area contributed by atoms with Gasteiger partial charge >= 0.3 is 0 Å². The highest BCUT2D eigenvalue weighted by Gasteiger charge is 2.21. The fourth-order valence-corrected chi connectivity index (χ4v) is 2.86. The van der Waals surface area contributed by atoms with E-state index in [0.29, 0.717) is 24.7 Å². The summed E-state index contributed by atoms with van der Waals surface area (Å²) in [5, 5.41) is 4.82. The minimum atomic E-state index is 0.0434. The van der Waals surface area contributed by atoms with Crippen molar-refractivity contribution >= 4 is 17.5 Å². The number of methoxy groups -OCH3 is 1. The van der Waals surface area contributed by atoms with Crippen LogP contribution in [0.5, 0.6) is 0 Å². The van der Waals surface area contributed by atoms with Gasteiger partial charge in [-0.3, -0.25) is 9.69 Å². The maximum Gasteiger partial charge on any atom is 0.248 e. The molecular formula is C17H20ClN3O3. The molecule has 6 nitrogen and oxygen atoms in total. The molecule has 0 radical (unpaired) electrons. The molecule has 1 aromatic heterocycles. The van der Waals surface area contributed by atoms with Crippen LogP contribution in [0.3, 0.4) is 0 Å². The van der Waals surface area contributed by atoms with Gasteiger partial charge in [-0.1, -0.05) is 28.9 Å². The Kier molecular flexibility index (Phi) is 5.50. The van der Waals surface area contributed by atoms with E-state index in [-0.39, 0.29) is 12.5 Å². The lowest BCUT2D eigenvalue weighted by Gasteiger charge is -2.34.